The van der Waals surface area contributed by atoms with E-state index in [1.807, 2.05) is 18.2 Å². The smallest absolute Gasteiger partial charge is 0.224 e. The number of rotatable bonds is 4. The molecule has 0 radical (unpaired) electrons. The van der Waals surface area contributed by atoms with Crippen LogP contribution in [0, 0.1) is 11.3 Å². The van der Waals surface area contributed by atoms with Gasteiger partial charge in [0.15, 0.2) is 0 Å². The normalized spacial score (nSPS) is 21.4. The molecule has 1 aliphatic heterocycles. The number of amides is 1. The van der Waals surface area contributed by atoms with Gasteiger partial charge in [-0.3, -0.25) is 4.79 Å². The summed E-state index contributed by atoms with van der Waals surface area (Å²) in [6, 6.07) is 24.9. The van der Waals surface area contributed by atoms with Crippen molar-refractivity contribution < 1.29 is 9.53 Å². The summed E-state index contributed by atoms with van der Waals surface area (Å²) in [4.78, 5) is 13.2. The minimum Gasteiger partial charge on any atom is -0.381 e. The van der Waals surface area contributed by atoms with Crippen LogP contribution < -0.4 is 5.32 Å². The second kappa shape index (κ2) is 7.06. The number of carbonyl (C=O) groups is 1. The Labute approximate surface area is 165 Å². The number of nitrogens with one attached hydrogen (secondary N) is 1. The Morgan fingerprint density at radius 3 is 2.46 bits per heavy atom. The maximum absolute atomic E-state index is 13.2. The van der Waals surface area contributed by atoms with Crippen LogP contribution in [0.15, 0.2) is 72.8 Å². The van der Waals surface area contributed by atoms with Gasteiger partial charge in [-0.25, -0.2) is 0 Å². The SMILES string of the molecule is O=C(NC(c1ccccc1)c1cccc2ccccc12)C1CC12CCOCC2. The van der Waals surface area contributed by atoms with Gasteiger partial charge in [-0.1, -0.05) is 72.8 Å². The number of ether oxygens (including phenoxy) is 1. The third kappa shape index (κ3) is 3.10. The second-order valence-corrected chi connectivity index (χ2v) is 8.15. The number of benzene rings is 3. The maximum atomic E-state index is 13.2. The van der Waals surface area contributed by atoms with Gasteiger partial charge >= 0.3 is 0 Å². The van der Waals surface area contributed by atoms with E-state index in [1.54, 1.807) is 0 Å². The number of carbonyl (C=O) groups excluding carboxylic acids is 1. The molecule has 1 saturated heterocycles. The molecule has 2 atom stereocenters. The molecule has 5 rings (SSSR count). The van der Waals surface area contributed by atoms with Crippen molar-refractivity contribution in [1.82, 2.24) is 5.32 Å². The summed E-state index contributed by atoms with van der Waals surface area (Å²) in [6.45, 7) is 1.57. The highest BCUT2D eigenvalue weighted by atomic mass is 16.5. The first-order chi connectivity index (χ1) is 13.8. The topological polar surface area (TPSA) is 38.3 Å². The summed E-state index contributed by atoms with van der Waals surface area (Å²) >= 11 is 0. The van der Waals surface area contributed by atoms with Crippen LogP contribution >= 0.6 is 0 Å². The lowest BCUT2D eigenvalue weighted by molar-refractivity contribution is -0.124. The average Bonchev–Trinajstić information content (AvgIpc) is 3.45. The predicted molar refractivity (Wildman–Crippen MR) is 111 cm³/mol. The molecule has 1 saturated carbocycles. The third-order valence-electron chi connectivity index (χ3n) is 6.55. The third-order valence-corrected chi connectivity index (χ3v) is 6.55. The Kier molecular flexibility index (Phi) is 4.40. The van der Waals surface area contributed by atoms with Gasteiger partial charge in [0.1, 0.15) is 0 Å². The van der Waals surface area contributed by atoms with Crippen LogP contribution in [0.2, 0.25) is 0 Å². The van der Waals surface area contributed by atoms with Gasteiger partial charge in [-0.15, -0.1) is 0 Å². The molecule has 1 heterocycles. The summed E-state index contributed by atoms with van der Waals surface area (Å²) in [5.74, 6) is 0.307. The predicted octanol–water partition coefficient (Wildman–Crippen LogP) is 4.86. The summed E-state index contributed by atoms with van der Waals surface area (Å²) in [5, 5.41) is 5.78. The minimum absolute atomic E-state index is 0.123. The van der Waals surface area contributed by atoms with Gasteiger partial charge in [-0.2, -0.15) is 0 Å². The van der Waals surface area contributed by atoms with Gasteiger partial charge in [0.05, 0.1) is 6.04 Å². The monoisotopic (exact) mass is 371 g/mol. The highest BCUT2D eigenvalue weighted by Gasteiger charge is 2.58. The molecule has 0 aromatic heterocycles. The van der Waals surface area contributed by atoms with Crippen LogP contribution in [-0.4, -0.2) is 19.1 Å². The Hall–Kier alpha value is -2.65. The van der Waals surface area contributed by atoms with Gasteiger partial charge in [0.25, 0.3) is 0 Å². The molecule has 2 fully saturated rings. The molecule has 142 valence electrons. The van der Waals surface area contributed by atoms with Crippen molar-refractivity contribution in [3.8, 4) is 0 Å². The molecular formula is C25H25NO2. The average molecular weight is 371 g/mol. The zero-order valence-electron chi connectivity index (χ0n) is 15.9. The van der Waals surface area contributed by atoms with Gasteiger partial charge in [-0.05, 0) is 46.6 Å². The van der Waals surface area contributed by atoms with E-state index in [4.69, 9.17) is 4.74 Å². The fourth-order valence-corrected chi connectivity index (χ4v) is 4.78. The van der Waals surface area contributed by atoms with Gasteiger partial charge < -0.3 is 10.1 Å². The van der Waals surface area contributed by atoms with E-state index >= 15 is 0 Å². The second-order valence-electron chi connectivity index (χ2n) is 8.15. The summed E-state index contributed by atoms with van der Waals surface area (Å²) in [6.07, 6.45) is 3.02. The zero-order valence-corrected chi connectivity index (χ0v) is 15.9. The van der Waals surface area contributed by atoms with Crippen molar-refractivity contribution in [2.75, 3.05) is 13.2 Å². The first kappa shape index (κ1) is 17.4. The Morgan fingerprint density at radius 2 is 1.64 bits per heavy atom. The maximum Gasteiger partial charge on any atom is 0.224 e. The van der Waals surface area contributed by atoms with Crippen molar-refractivity contribution >= 4 is 16.7 Å². The van der Waals surface area contributed by atoms with E-state index in [-0.39, 0.29) is 23.3 Å². The first-order valence-electron chi connectivity index (χ1n) is 10.2. The molecule has 2 unspecified atom stereocenters. The van der Waals surface area contributed by atoms with Crippen molar-refractivity contribution in [3.63, 3.8) is 0 Å². The quantitative estimate of drug-likeness (QED) is 0.711. The standard InChI is InChI=1S/C25H25NO2/c27-24(22-17-25(22)13-15-28-16-14-25)26-23(19-8-2-1-3-9-19)21-12-6-10-18-7-4-5-11-20(18)21/h1-12,22-23H,13-17H2,(H,26,27). The molecule has 1 aliphatic carbocycles. The molecule has 3 nitrogen and oxygen atoms in total. The minimum atomic E-state index is -0.141. The van der Waals surface area contributed by atoms with Crippen LogP contribution in [0.4, 0.5) is 0 Å². The van der Waals surface area contributed by atoms with Crippen LogP contribution in [0.5, 0.6) is 0 Å². The molecule has 3 aromatic carbocycles. The molecule has 1 N–H and O–H groups in total. The lowest BCUT2D eigenvalue weighted by Gasteiger charge is -2.25. The number of fused-ring (bicyclic) bond motifs is 1. The molecule has 3 heteroatoms. The van der Waals surface area contributed by atoms with E-state index in [1.165, 1.54) is 10.8 Å². The van der Waals surface area contributed by atoms with Crippen molar-refractivity contribution in [2.45, 2.75) is 25.3 Å². The molecular weight excluding hydrogens is 346 g/mol. The van der Waals surface area contributed by atoms with Crippen LogP contribution in [0.25, 0.3) is 10.8 Å². The van der Waals surface area contributed by atoms with Crippen LogP contribution in [-0.2, 0) is 9.53 Å². The van der Waals surface area contributed by atoms with Crippen LogP contribution in [0.1, 0.15) is 36.4 Å². The fourth-order valence-electron chi connectivity index (χ4n) is 4.78. The highest BCUT2D eigenvalue weighted by Crippen LogP contribution is 2.59. The lowest BCUT2D eigenvalue weighted by Crippen LogP contribution is -2.33. The van der Waals surface area contributed by atoms with E-state index in [0.717, 1.165) is 43.6 Å². The highest BCUT2D eigenvalue weighted by molar-refractivity contribution is 5.88. The molecule has 3 aromatic rings. The molecule has 1 spiro atoms. The van der Waals surface area contributed by atoms with E-state index in [0.29, 0.717) is 0 Å². The van der Waals surface area contributed by atoms with Gasteiger partial charge in [0.2, 0.25) is 5.91 Å². The Bertz CT molecular complexity index is 986. The van der Waals surface area contributed by atoms with E-state index in [9.17, 15) is 4.79 Å². The fraction of sp³-hybridized carbons (Fsp3) is 0.320. The van der Waals surface area contributed by atoms with E-state index in [2.05, 4.69) is 59.9 Å². The lowest BCUT2D eigenvalue weighted by atomic mass is 9.92. The van der Waals surface area contributed by atoms with E-state index < -0.39 is 0 Å². The molecule has 1 amide bonds. The summed E-state index contributed by atoms with van der Waals surface area (Å²) in [7, 11) is 0. The molecule has 28 heavy (non-hydrogen) atoms. The summed E-state index contributed by atoms with van der Waals surface area (Å²) in [5.41, 5.74) is 2.45. The van der Waals surface area contributed by atoms with Crippen molar-refractivity contribution in [3.05, 3.63) is 83.9 Å². The van der Waals surface area contributed by atoms with Gasteiger partial charge in [0, 0.05) is 19.1 Å². The first-order valence-corrected chi connectivity index (χ1v) is 10.2. The molecule has 0 bridgehead atoms. The van der Waals surface area contributed by atoms with Crippen LogP contribution in [0.3, 0.4) is 0 Å². The van der Waals surface area contributed by atoms with Crippen molar-refractivity contribution in [1.29, 1.82) is 0 Å². The zero-order chi connectivity index (χ0) is 19.0. The Morgan fingerprint density at radius 1 is 0.929 bits per heavy atom. The Balaban J connectivity index is 1.48. The largest absolute Gasteiger partial charge is 0.381 e. The van der Waals surface area contributed by atoms with Crippen molar-refractivity contribution in [2.24, 2.45) is 11.3 Å². The number of hydrogen-bond donors (Lipinski definition) is 1. The molecule has 2 aliphatic rings. The summed E-state index contributed by atoms with van der Waals surface area (Å²) < 4.78 is 5.51. The number of hydrogen-bond acceptors (Lipinski definition) is 2.